The van der Waals surface area contributed by atoms with Crippen molar-refractivity contribution in [2.24, 2.45) is 0 Å². The van der Waals surface area contributed by atoms with Crippen molar-refractivity contribution in [2.75, 3.05) is 0 Å². The molecular formula is C51H31N5O. The molecule has 0 unspecified atom stereocenters. The summed E-state index contributed by atoms with van der Waals surface area (Å²) in [6, 6.07) is 65.5. The molecule has 0 saturated heterocycles. The highest BCUT2D eigenvalue weighted by Crippen LogP contribution is 2.40. The molecule has 8 aromatic carbocycles. The number of benzene rings is 8. The largest absolute Gasteiger partial charge is 0.456 e. The van der Waals surface area contributed by atoms with Crippen molar-refractivity contribution in [1.82, 2.24) is 24.1 Å². The van der Waals surface area contributed by atoms with Gasteiger partial charge in [0.15, 0.2) is 11.6 Å². The third-order valence-corrected chi connectivity index (χ3v) is 11.2. The van der Waals surface area contributed by atoms with Crippen LogP contribution in [-0.2, 0) is 0 Å². The van der Waals surface area contributed by atoms with Gasteiger partial charge in [-0.05, 0) is 77.9 Å². The quantitative estimate of drug-likeness (QED) is 0.177. The Hall–Kier alpha value is -7.83. The third kappa shape index (κ3) is 4.94. The molecule has 4 aromatic heterocycles. The van der Waals surface area contributed by atoms with E-state index in [2.05, 4.69) is 185 Å². The zero-order valence-electron chi connectivity index (χ0n) is 30.5. The number of furan rings is 1. The second-order valence-electron chi connectivity index (χ2n) is 14.5. The molecule has 0 atom stereocenters. The molecule has 12 aromatic rings. The first kappa shape index (κ1) is 31.5. The van der Waals surface area contributed by atoms with Gasteiger partial charge >= 0.3 is 0 Å². The van der Waals surface area contributed by atoms with Gasteiger partial charge in [-0.1, -0.05) is 121 Å². The molecule has 0 amide bonds. The minimum atomic E-state index is 0.559. The summed E-state index contributed by atoms with van der Waals surface area (Å²) >= 11 is 0. The number of fused-ring (bicyclic) bond motifs is 9. The standard InChI is InChI=1S/C51H31N5O/c1-3-14-32(15-4-1)33-16-13-17-34(28-33)49-52-50(54-51(53-49)56-44-24-11-7-20-37(44)38-21-8-12-25-45(38)56)35-26-27-47-41(29-35)42-30-46-40(31-48(42)57-47)39-22-9-10-23-43(39)55(46)36-18-5-2-6-19-36/h1-31H. The Bertz CT molecular complexity index is 3470. The van der Waals surface area contributed by atoms with Crippen LogP contribution in [0.2, 0.25) is 0 Å². The first-order chi connectivity index (χ1) is 28.2. The van der Waals surface area contributed by atoms with Crippen molar-refractivity contribution in [2.45, 2.75) is 0 Å². The lowest BCUT2D eigenvalue weighted by Gasteiger charge is -2.11. The van der Waals surface area contributed by atoms with Crippen LogP contribution in [0.25, 0.3) is 111 Å². The van der Waals surface area contributed by atoms with E-state index in [-0.39, 0.29) is 0 Å². The topological polar surface area (TPSA) is 61.7 Å². The predicted octanol–water partition coefficient (Wildman–Crippen LogP) is 13.0. The number of aromatic nitrogens is 5. The number of nitrogens with zero attached hydrogens (tertiary/aromatic N) is 5. The molecule has 0 N–H and O–H groups in total. The van der Waals surface area contributed by atoms with Gasteiger partial charge in [-0.3, -0.25) is 4.57 Å². The van der Waals surface area contributed by atoms with E-state index >= 15 is 0 Å². The van der Waals surface area contributed by atoms with Crippen molar-refractivity contribution < 1.29 is 4.42 Å². The highest BCUT2D eigenvalue weighted by atomic mass is 16.3. The molecule has 4 heterocycles. The Morgan fingerprint density at radius 3 is 1.56 bits per heavy atom. The predicted molar refractivity (Wildman–Crippen MR) is 232 cm³/mol. The summed E-state index contributed by atoms with van der Waals surface area (Å²) < 4.78 is 11.1. The maximum absolute atomic E-state index is 6.58. The monoisotopic (exact) mass is 729 g/mol. The van der Waals surface area contributed by atoms with E-state index in [1.807, 2.05) is 12.1 Å². The van der Waals surface area contributed by atoms with Crippen LogP contribution in [-0.4, -0.2) is 24.1 Å². The molecule has 0 aliphatic heterocycles. The minimum absolute atomic E-state index is 0.559. The smallest absolute Gasteiger partial charge is 0.238 e. The van der Waals surface area contributed by atoms with Crippen molar-refractivity contribution in [1.29, 1.82) is 0 Å². The zero-order valence-corrected chi connectivity index (χ0v) is 30.5. The van der Waals surface area contributed by atoms with Crippen LogP contribution in [0.15, 0.2) is 192 Å². The van der Waals surface area contributed by atoms with Crippen molar-refractivity contribution in [3.8, 4) is 45.5 Å². The second kappa shape index (κ2) is 12.3. The Labute approximate surface area is 326 Å². The Balaban J connectivity index is 1.10. The summed E-state index contributed by atoms with van der Waals surface area (Å²) in [5.74, 6) is 1.74. The Kier molecular flexibility index (Phi) is 6.83. The van der Waals surface area contributed by atoms with Gasteiger partial charge < -0.3 is 8.98 Å². The van der Waals surface area contributed by atoms with Crippen molar-refractivity contribution in [3.63, 3.8) is 0 Å². The molecule has 0 aliphatic rings. The molecule has 57 heavy (non-hydrogen) atoms. The first-order valence-electron chi connectivity index (χ1n) is 19.1. The molecule has 0 spiro atoms. The minimum Gasteiger partial charge on any atom is -0.456 e. The van der Waals surface area contributed by atoms with E-state index in [9.17, 15) is 0 Å². The number of hydrogen-bond acceptors (Lipinski definition) is 4. The lowest BCUT2D eigenvalue weighted by atomic mass is 10.0. The van der Waals surface area contributed by atoms with Gasteiger partial charge in [0.05, 0.1) is 22.1 Å². The van der Waals surface area contributed by atoms with E-state index in [0.29, 0.717) is 17.6 Å². The summed E-state index contributed by atoms with van der Waals surface area (Å²) in [5.41, 5.74) is 11.1. The fraction of sp³-hybridized carbons (Fsp3) is 0. The van der Waals surface area contributed by atoms with E-state index in [1.54, 1.807) is 0 Å². The average molecular weight is 730 g/mol. The second-order valence-corrected chi connectivity index (χ2v) is 14.5. The summed E-state index contributed by atoms with van der Waals surface area (Å²) in [7, 11) is 0. The van der Waals surface area contributed by atoms with Gasteiger partial charge in [0.2, 0.25) is 5.95 Å². The van der Waals surface area contributed by atoms with E-state index < -0.39 is 0 Å². The van der Waals surface area contributed by atoms with Crippen LogP contribution >= 0.6 is 0 Å². The lowest BCUT2D eigenvalue weighted by molar-refractivity contribution is 0.669. The molecule has 266 valence electrons. The summed E-state index contributed by atoms with van der Waals surface area (Å²) in [5, 5.41) is 6.66. The Morgan fingerprint density at radius 2 is 0.860 bits per heavy atom. The molecule has 0 fully saturated rings. The van der Waals surface area contributed by atoms with E-state index in [0.717, 1.165) is 88.1 Å². The van der Waals surface area contributed by atoms with Gasteiger partial charge in [0.25, 0.3) is 0 Å². The van der Waals surface area contributed by atoms with E-state index in [1.165, 1.54) is 5.39 Å². The Morgan fingerprint density at radius 1 is 0.316 bits per heavy atom. The van der Waals surface area contributed by atoms with Gasteiger partial charge in [-0.15, -0.1) is 0 Å². The first-order valence-corrected chi connectivity index (χ1v) is 19.1. The van der Waals surface area contributed by atoms with Crippen molar-refractivity contribution in [3.05, 3.63) is 188 Å². The van der Waals surface area contributed by atoms with Gasteiger partial charge in [0.1, 0.15) is 11.2 Å². The maximum atomic E-state index is 6.58. The molecule has 0 aliphatic carbocycles. The van der Waals surface area contributed by atoms with E-state index in [4.69, 9.17) is 19.4 Å². The molecule has 0 saturated carbocycles. The zero-order chi connectivity index (χ0) is 37.5. The molecule has 6 heteroatoms. The van der Waals surface area contributed by atoms with Crippen molar-refractivity contribution >= 4 is 65.6 Å². The lowest BCUT2D eigenvalue weighted by Crippen LogP contribution is -2.06. The SMILES string of the molecule is c1ccc(-c2cccc(-c3nc(-c4ccc5oc6cc7c8ccccc8n(-c8ccccc8)c7cc6c5c4)nc(-n4c5ccccc5c5ccccc54)n3)c2)cc1. The van der Waals surface area contributed by atoms with Crippen LogP contribution < -0.4 is 0 Å². The fourth-order valence-electron chi connectivity index (χ4n) is 8.56. The van der Waals surface area contributed by atoms with Crippen LogP contribution in [0.1, 0.15) is 0 Å². The van der Waals surface area contributed by atoms with Gasteiger partial charge in [-0.25, -0.2) is 4.98 Å². The third-order valence-electron chi connectivity index (χ3n) is 11.2. The number of hydrogen-bond donors (Lipinski definition) is 0. The number of para-hydroxylation sites is 4. The molecular weight excluding hydrogens is 699 g/mol. The highest BCUT2D eigenvalue weighted by molar-refractivity contribution is 6.17. The number of rotatable bonds is 5. The molecule has 12 rings (SSSR count). The summed E-state index contributed by atoms with van der Waals surface area (Å²) in [6.07, 6.45) is 0. The van der Waals surface area contributed by atoms with Crippen LogP contribution in [0, 0.1) is 0 Å². The fourth-order valence-corrected chi connectivity index (χ4v) is 8.56. The normalized spacial score (nSPS) is 11.9. The average Bonchev–Trinajstić information content (AvgIpc) is 3.93. The van der Waals surface area contributed by atoms with Gasteiger partial charge in [-0.2, -0.15) is 9.97 Å². The maximum Gasteiger partial charge on any atom is 0.238 e. The summed E-state index contributed by atoms with van der Waals surface area (Å²) in [6.45, 7) is 0. The highest BCUT2D eigenvalue weighted by Gasteiger charge is 2.20. The molecule has 6 nitrogen and oxygen atoms in total. The molecule has 0 radical (unpaired) electrons. The van der Waals surface area contributed by atoms with Gasteiger partial charge in [0, 0.05) is 49.1 Å². The van der Waals surface area contributed by atoms with Crippen LogP contribution in [0.5, 0.6) is 0 Å². The van der Waals surface area contributed by atoms with Crippen LogP contribution in [0.3, 0.4) is 0 Å². The van der Waals surface area contributed by atoms with Crippen LogP contribution in [0.4, 0.5) is 0 Å². The molecule has 0 bridgehead atoms. The summed E-state index contributed by atoms with van der Waals surface area (Å²) in [4.78, 5) is 15.7.